The normalized spacial score (nSPS) is 0. The molecule has 4 heteroatoms. The molecule has 0 fully saturated rings. The molecule has 0 saturated carbocycles. The van der Waals surface area contributed by atoms with E-state index in [4.69, 9.17) is 0 Å². The van der Waals surface area contributed by atoms with E-state index in [1.807, 2.05) is 0 Å². The van der Waals surface area contributed by atoms with Crippen molar-refractivity contribution < 1.29 is 39.9 Å². The summed E-state index contributed by atoms with van der Waals surface area (Å²) in [6, 6.07) is 0. The van der Waals surface area contributed by atoms with Crippen LogP contribution in [0.1, 0.15) is 0 Å². The maximum absolute atomic E-state index is 0. The number of hydrogen-bond donors (Lipinski definition) is 0. The minimum atomic E-state index is 0. The summed E-state index contributed by atoms with van der Waals surface area (Å²) in [7, 11) is 0. The Balaban J connectivity index is 0. The first-order valence-electron chi connectivity index (χ1n) is 0. The molecule has 0 aromatic carbocycles. The molecule has 32 valence electrons. The fraction of sp³-hybridized carbons (Fsp3) is 0. The summed E-state index contributed by atoms with van der Waals surface area (Å²) in [5.41, 5.74) is 0. The fourth-order valence-corrected chi connectivity index (χ4v) is 0. The van der Waals surface area contributed by atoms with Crippen LogP contribution in [0.4, 0.5) is 0 Å². The van der Waals surface area contributed by atoms with Crippen LogP contribution in [0.25, 0.3) is 0 Å². The van der Waals surface area contributed by atoms with E-state index in [1.54, 1.807) is 0 Å². The molecule has 0 unspecified atom stereocenters. The number of hydrogen-bond acceptors (Lipinski definition) is 0. The molecule has 0 aromatic heterocycles. The molecule has 0 rings (SSSR count). The third-order valence-electron chi connectivity index (χ3n) is 0. The number of rotatable bonds is 0. The zero-order valence-electron chi connectivity index (χ0n) is 1.58. The second-order valence-corrected chi connectivity index (χ2v) is 0. The summed E-state index contributed by atoms with van der Waals surface area (Å²) < 4.78 is 0. The van der Waals surface area contributed by atoms with Gasteiger partial charge in [0.2, 0.25) is 0 Å². The van der Waals surface area contributed by atoms with Gasteiger partial charge in [-0.3, -0.25) is 0 Å². The van der Waals surface area contributed by atoms with Crippen LogP contribution in [0.2, 0.25) is 0 Å². The fourth-order valence-electron chi connectivity index (χ4n) is 0. The van der Waals surface area contributed by atoms with Crippen molar-refractivity contribution in [2.75, 3.05) is 0 Å². The minimum Gasteiger partial charge on any atom is -0.147 e. The van der Waals surface area contributed by atoms with Gasteiger partial charge in [0, 0.05) is 39.9 Å². The maximum atomic E-state index is 0. The van der Waals surface area contributed by atoms with Crippen molar-refractivity contribution in [1.29, 1.82) is 0 Å². The average molecular weight is 267 g/mol. The van der Waals surface area contributed by atoms with Gasteiger partial charge in [-0.15, -0.1) is 37.2 Å². The van der Waals surface area contributed by atoms with E-state index in [9.17, 15) is 0 Å². The Morgan fingerprint density at radius 1 is 0.500 bits per heavy atom. The zero-order valence-corrected chi connectivity index (χ0v) is 6.30. The van der Waals surface area contributed by atoms with E-state index in [2.05, 4.69) is 0 Å². The first-order valence-corrected chi connectivity index (χ1v) is 0. The summed E-state index contributed by atoms with van der Waals surface area (Å²) >= 11 is 0. The summed E-state index contributed by atoms with van der Waals surface area (Å²) in [5, 5.41) is 0. The predicted octanol–water partition coefficient (Wildman–Crippen LogP) is 1.27. The SMILES string of the molecule is Cl.Cl.Cl.[Gd]. The molecule has 0 aromatic rings. The Bertz CT molecular complexity index is 3.25. The van der Waals surface area contributed by atoms with Crippen molar-refractivity contribution >= 4 is 37.2 Å². The van der Waals surface area contributed by atoms with Crippen molar-refractivity contribution in [3.63, 3.8) is 0 Å². The Labute approximate surface area is 76.0 Å². The van der Waals surface area contributed by atoms with Crippen LogP contribution in [0.5, 0.6) is 0 Å². The molecule has 4 heavy (non-hydrogen) atoms. The van der Waals surface area contributed by atoms with Crippen LogP contribution in [0.3, 0.4) is 0 Å². The van der Waals surface area contributed by atoms with E-state index < -0.39 is 0 Å². The van der Waals surface area contributed by atoms with Crippen molar-refractivity contribution in [2.45, 2.75) is 0 Å². The molecule has 0 aliphatic carbocycles. The van der Waals surface area contributed by atoms with Crippen molar-refractivity contribution in [3.05, 3.63) is 0 Å². The van der Waals surface area contributed by atoms with E-state index >= 15 is 0 Å². The molecule has 0 heterocycles. The van der Waals surface area contributed by atoms with Gasteiger partial charge in [-0.1, -0.05) is 0 Å². The van der Waals surface area contributed by atoms with Gasteiger partial charge in [-0.05, 0) is 0 Å². The molecular weight excluding hydrogens is 264 g/mol. The predicted molar refractivity (Wildman–Crippen MR) is 21.7 cm³/mol. The van der Waals surface area contributed by atoms with E-state index in [0.29, 0.717) is 0 Å². The quantitative estimate of drug-likeness (QED) is 0.619. The average Bonchev–Trinajstić information content (AvgIpc) is 0. The summed E-state index contributed by atoms with van der Waals surface area (Å²) in [6.45, 7) is 0. The van der Waals surface area contributed by atoms with Crippen LogP contribution in [-0.2, 0) is 0 Å². The second kappa shape index (κ2) is 19.0. The van der Waals surface area contributed by atoms with Gasteiger partial charge in [0.15, 0.2) is 0 Å². The molecule has 0 aliphatic heterocycles. The molecule has 0 nitrogen and oxygen atoms in total. The Hall–Kier alpha value is 2.19. The summed E-state index contributed by atoms with van der Waals surface area (Å²) in [5.74, 6) is 0. The first-order chi connectivity index (χ1) is 0. The van der Waals surface area contributed by atoms with E-state index in [-0.39, 0.29) is 77.2 Å². The van der Waals surface area contributed by atoms with Crippen molar-refractivity contribution in [1.82, 2.24) is 0 Å². The monoisotopic (exact) mass is 266 g/mol. The molecule has 0 N–H and O–H groups in total. The molecule has 0 saturated heterocycles. The first kappa shape index (κ1) is 34.7. The number of halogens is 3. The van der Waals surface area contributed by atoms with Gasteiger partial charge in [0.1, 0.15) is 0 Å². The van der Waals surface area contributed by atoms with Gasteiger partial charge >= 0.3 is 0 Å². The maximum Gasteiger partial charge on any atom is 0 e. The van der Waals surface area contributed by atoms with Gasteiger partial charge in [-0.2, -0.15) is 0 Å². The van der Waals surface area contributed by atoms with Crippen LogP contribution in [0, 0.1) is 39.9 Å². The molecule has 0 spiro atoms. The Kier molecular flexibility index (Phi) is 165. The standard InChI is InChI=1S/3ClH.Gd/h3*1H;. The van der Waals surface area contributed by atoms with Gasteiger partial charge in [-0.25, -0.2) is 0 Å². The smallest absolute Gasteiger partial charge is 0 e. The van der Waals surface area contributed by atoms with Gasteiger partial charge in [0.25, 0.3) is 0 Å². The van der Waals surface area contributed by atoms with Crippen molar-refractivity contribution in [2.24, 2.45) is 0 Å². The van der Waals surface area contributed by atoms with Gasteiger partial charge < -0.3 is 0 Å². The molecule has 0 radical (unpaired) electrons. The zero-order chi connectivity index (χ0) is 0. The van der Waals surface area contributed by atoms with E-state index in [0.717, 1.165) is 0 Å². The van der Waals surface area contributed by atoms with Gasteiger partial charge in [0.05, 0.1) is 0 Å². The third-order valence-corrected chi connectivity index (χ3v) is 0. The van der Waals surface area contributed by atoms with E-state index in [1.165, 1.54) is 0 Å². The van der Waals surface area contributed by atoms with Crippen LogP contribution >= 0.6 is 37.2 Å². The van der Waals surface area contributed by atoms with Crippen LogP contribution in [-0.4, -0.2) is 0 Å². The van der Waals surface area contributed by atoms with Crippen molar-refractivity contribution in [3.8, 4) is 0 Å². The molecule has 0 atom stereocenters. The molecular formula is H3Cl3Gd. The largest absolute Gasteiger partial charge is 0.147 e. The Morgan fingerprint density at radius 3 is 0.500 bits per heavy atom. The summed E-state index contributed by atoms with van der Waals surface area (Å²) in [6.07, 6.45) is 0. The summed E-state index contributed by atoms with van der Waals surface area (Å²) in [4.78, 5) is 0. The topological polar surface area (TPSA) is 0 Å². The molecule has 0 bridgehead atoms. The van der Waals surface area contributed by atoms with Crippen LogP contribution in [0.15, 0.2) is 0 Å². The Morgan fingerprint density at radius 2 is 0.500 bits per heavy atom. The second-order valence-electron chi connectivity index (χ2n) is 0. The molecule has 0 aliphatic rings. The van der Waals surface area contributed by atoms with Crippen LogP contribution < -0.4 is 0 Å². The third kappa shape index (κ3) is 8.89. The minimum absolute atomic E-state index is 0. The molecule has 0 amide bonds.